The van der Waals surface area contributed by atoms with Crippen molar-refractivity contribution >= 4 is 0 Å². The Hall–Kier alpha value is -1.49. The number of rotatable bonds is 3. The molecule has 1 aromatic rings. The molecule has 0 aliphatic carbocycles. The lowest BCUT2D eigenvalue weighted by molar-refractivity contribution is 0.115. The smallest absolute Gasteiger partial charge is 0.120 e. The fraction of sp³-hybridized carbons (Fsp3) is 0.417. The van der Waals surface area contributed by atoms with E-state index in [-0.39, 0.29) is 0 Å². The molecular formula is C12H15NO. The molecule has 74 valence electrons. The summed E-state index contributed by atoms with van der Waals surface area (Å²) in [5.41, 5.74) is 0.791. The summed E-state index contributed by atoms with van der Waals surface area (Å²) in [4.78, 5) is 0. The zero-order valence-corrected chi connectivity index (χ0v) is 8.87. The van der Waals surface area contributed by atoms with Gasteiger partial charge in [-0.15, -0.1) is 0 Å². The average Bonchev–Trinajstić information content (AvgIpc) is 2.08. The van der Waals surface area contributed by atoms with E-state index >= 15 is 0 Å². The maximum atomic E-state index is 8.59. The Labute approximate surface area is 85.1 Å². The number of aryl methyl sites for hydroxylation is 1. The van der Waals surface area contributed by atoms with E-state index in [0.29, 0.717) is 6.42 Å². The number of benzene rings is 1. The van der Waals surface area contributed by atoms with Crippen LogP contribution in [0.25, 0.3) is 0 Å². The predicted octanol–water partition coefficient (Wildman–Crippen LogP) is 3.07. The molecule has 0 spiro atoms. The SMILES string of the molecule is Cc1ccc(OC(C)(C)CC#N)cc1. The lowest BCUT2D eigenvalue weighted by atomic mass is 10.1. The van der Waals surface area contributed by atoms with Gasteiger partial charge in [-0.25, -0.2) is 0 Å². The highest BCUT2D eigenvalue weighted by atomic mass is 16.5. The number of nitrogens with zero attached hydrogens (tertiary/aromatic N) is 1. The molecule has 1 rings (SSSR count). The van der Waals surface area contributed by atoms with Crippen LogP contribution in [0, 0.1) is 18.3 Å². The number of hydrogen-bond donors (Lipinski definition) is 0. The zero-order chi connectivity index (χ0) is 10.6. The van der Waals surface area contributed by atoms with Crippen LogP contribution < -0.4 is 4.74 Å². The predicted molar refractivity (Wildman–Crippen MR) is 56.1 cm³/mol. The van der Waals surface area contributed by atoms with Crippen LogP contribution in [0.15, 0.2) is 24.3 Å². The van der Waals surface area contributed by atoms with Gasteiger partial charge in [0.25, 0.3) is 0 Å². The molecule has 0 N–H and O–H groups in total. The first kappa shape index (κ1) is 10.6. The first-order valence-electron chi connectivity index (χ1n) is 4.66. The van der Waals surface area contributed by atoms with Crippen LogP contribution in [0.1, 0.15) is 25.8 Å². The molecule has 2 heteroatoms. The second-order valence-corrected chi connectivity index (χ2v) is 4.01. The molecule has 0 saturated heterocycles. The Morgan fingerprint density at radius 1 is 1.29 bits per heavy atom. The van der Waals surface area contributed by atoms with Crippen molar-refractivity contribution in [2.75, 3.05) is 0 Å². The van der Waals surface area contributed by atoms with Crippen molar-refractivity contribution in [3.05, 3.63) is 29.8 Å². The topological polar surface area (TPSA) is 33.0 Å². The van der Waals surface area contributed by atoms with Gasteiger partial charge < -0.3 is 4.74 Å². The minimum atomic E-state index is -0.413. The summed E-state index contributed by atoms with van der Waals surface area (Å²) in [6.07, 6.45) is 0.390. The first-order valence-corrected chi connectivity index (χ1v) is 4.66. The van der Waals surface area contributed by atoms with Gasteiger partial charge in [0.05, 0.1) is 12.5 Å². The van der Waals surface area contributed by atoms with Crippen molar-refractivity contribution in [3.63, 3.8) is 0 Å². The average molecular weight is 189 g/mol. The minimum absolute atomic E-state index is 0.390. The number of nitriles is 1. The standard InChI is InChI=1S/C12H15NO/c1-10-4-6-11(7-5-10)14-12(2,3)8-9-13/h4-7H,8H2,1-3H3. The van der Waals surface area contributed by atoms with Crippen molar-refractivity contribution in [1.82, 2.24) is 0 Å². The summed E-state index contributed by atoms with van der Waals surface area (Å²) in [7, 11) is 0. The van der Waals surface area contributed by atoms with Crippen LogP contribution in [-0.2, 0) is 0 Å². The van der Waals surface area contributed by atoms with Crippen LogP contribution in [-0.4, -0.2) is 5.60 Å². The molecule has 1 aromatic carbocycles. The fourth-order valence-corrected chi connectivity index (χ4v) is 1.15. The molecule has 14 heavy (non-hydrogen) atoms. The van der Waals surface area contributed by atoms with Gasteiger partial charge in [0.2, 0.25) is 0 Å². The van der Waals surface area contributed by atoms with Gasteiger partial charge in [0, 0.05) is 0 Å². The molecule has 0 fully saturated rings. The third-order valence-corrected chi connectivity index (χ3v) is 1.92. The van der Waals surface area contributed by atoms with E-state index in [1.54, 1.807) is 0 Å². The van der Waals surface area contributed by atoms with Gasteiger partial charge in [-0.05, 0) is 32.9 Å². The molecule has 0 radical (unpaired) electrons. The Morgan fingerprint density at radius 2 is 1.86 bits per heavy atom. The first-order chi connectivity index (χ1) is 6.53. The minimum Gasteiger partial charge on any atom is -0.487 e. The summed E-state index contributed by atoms with van der Waals surface area (Å²) < 4.78 is 5.67. The highest BCUT2D eigenvalue weighted by Crippen LogP contribution is 2.20. The lowest BCUT2D eigenvalue weighted by Gasteiger charge is -2.23. The highest BCUT2D eigenvalue weighted by Gasteiger charge is 2.18. The molecule has 0 aliphatic heterocycles. The maximum Gasteiger partial charge on any atom is 0.120 e. The van der Waals surface area contributed by atoms with Crippen LogP contribution in [0.5, 0.6) is 5.75 Å². The highest BCUT2D eigenvalue weighted by molar-refractivity contribution is 5.26. The van der Waals surface area contributed by atoms with Crippen molar-refractivity contribution < 1.29 is 4.74 Å². The Morgan fingerprint density at radius 3 is 2.36 bits per heavy atom. The van der Waals surface area contributed by atoms with Crippen molar-refractivity contribution in [2.45, 2.75) is 32.8 Å². The quantitative estimate of drug-likeness (QED) is 0.732. The van der Waals surface area contributed by atoms with E-state index in [4.69, 9.17) is 10.00 Å². The van der Waals surface area contributed by atoms with Crippen LogP contribution in [0.2, 0.25) is 0 Å². The molecule has 2 nitrogen and oxygen atoms in total. The number of hydrogen-bond acceptors (Lipinski definition) is 2. The van der Waals surface area contributed by atoms with Crippen molar-refractivity contribution in [1.29, 1.82) is 5.26 Å². The second kappa shape index (κ2) is 4.15. The third-order valence-electron chi connectivity index (χ3n) is 1.92. The molecular weight excluding hydrogens is 174 g/mol. The normalized spacial score (nSPS) is 10.7. The van der Waals surface area contributed by atoms with Crippen molar-refractivity contribution in [2.24, 2.45) is 0 Å². The Bertz CT molecular complexity index is 332. The van der Waals surface area contributed by atoms with Gasteiger partial charge in [0.15, 0.2) is 0 Å². The van der Waals surface area contributed by atoms with Gasteiger partial charge >= 0.3 is 0 Å². The van der Waals surface area contributed by atoms with Crippen LogP contribution >= 0.6 is 0 Å². The van der Waals surface area contributed by atoms with Gasteiger partial charge in [0.1, 0.15) is 11.4 Å². The molecule has 0 heterocycles. The third kappa shape index (κ3) is 3.10. The van der Waals surface area contributed by atoms with Gasteiger partial charge in [-0.2, -0.15) is 5.26 Å². The lowest BCUT2D eigenvalue weighted by Crippen LogP contribution is -2.27. The number of ether oxygens (including phenoxy) is 1. The van der Waals surface area contributed by atoms with Gasteiger partial charge in [-0.1, -0.05) is 17.7 Å². The van der Waals surface area contributed by atoms with E-state index in [1.165, 1.54) is 5.56 Å². The van der Waals surface area contributed by atoms with E-state index in [2.05, 4.69) is 6.07 Å². The van der Waals surface area contributed by atoms with E-state index in [0.717, 1.165) is 5.75 Å². The summed E-state index contributed by atoms with van der Waals surface area (Å²) in [5.74, 6) is 0.816. The summed E-state index contributed by atoms with van der Waals surface area (Å²) in [6, 6.07) is 9.96. The van der Waals surface area contributed by atoms with Crippen molar-refractivity contribution in [3.8, 4) is 11.8 Å². The molecule has 0 aromatic heterocycles. The van der Waals surface area contributed by atoms with Crippen LogP contribution in [0.4, 0.5) is 0 Å². The van der Waals surface area contributed by atoms with Crippen LogP contribution in [0.3, 0.4) is 0 Å². The monoisotopic (exact) mass is 189 g/mol. The Balaban J connectivity index is 2.69. The van der Waals surface area contributed by atoms with E-state index < -0.39 is 5.60 Å². The molecule has 0 saturated carbocycles. The molecule has 0 aliphatic rings. The fourth-order valence-electron chi connectivity index (χ4n) is 1.15. The molecule has 0 atom stereocenters. The zero-order valence-electron chi connectivity index (χ0n) is 8.87. The molecule has 0 bridgehead atoms. The van der Waals surface area contributed by atoms with Gasteiger partial charge in [-0.3, -0.25) is 0 Å². The molecule has 0 unspecified atom stereocenters. The Kier molecular flexibility index (Phi) is 3.14. The molecule has 0 amide bonds. The maximum absolute atomic E-state index is 8.59. The summed E-state index contributed by atoms with van der Waals surface area (Å²) in [6.45, 7) is 5.86. The largest absolute Gasteiger partial charge is 0.487 e. The van der Waals surface area contributed by atoms with E-state index in [1.807, 2.05) is 45.0 Å². The van der Waals surface area contributed by atoms with E-state index in [9.17, 15) is 0 Å². The second-order valence-electron chi connectivity index (χ2n) is 4.01. The summed E-state index contributed by atoms with van der Waals surface area (Å²) in [5, 5.41) is 8.59. The summed E-state index contributed by atoms with van der Waals surface area (Å²) >= 11 is 0.